The van der Waals surface area contributed by atoms with Gasteiger partial charge in [0.2, 0.25) is 11.8 Å². The summed E-state index contributed by atoms with van der Waals surface area (Å²) in [4.78, 5) is 2.11. The highest BCUT2D eigenvalue weighted by molar-refractivity contribution is 5.59. The van der Waals surface area contributed by atoms with Crippen molar-refractivity contribution in [3.05, 3.63) is 24.1 Å². The minimum Gasteiger partial charge on any atom is -0.493 e. The first-order valence-corrected chi connectivity index (χ1v) is 7.04. The summed E-state index contributed by atoms with van der Waals surface area (Å²) in [7, 11) is 7.25. The van der Waals surface area contributed by atoms with Gasteiger partial charge in [-0.2, -0.15) is 0 Å². The fourth-order valence-corrected chi connectivity index (χ4v) is 1.91. The molecule has 2 aromatic rings. The van der Waals surface area contributed by atoms with E-state index in [1.54, 1.807) is 14.2 Å². The van der Waals surface area contributed by atoms with Crippen LogP contribution in [0.4, 0.5) is 0 Å². The Morgan fingerprint density at radius 3 is 2.59 bits per heavy atom. The van der Waals surface area contributed by atoms with Crippen LogP contribution in [0, 0.1) is 0 Å². The van der Waals surface area contributed by atoms with Crippen LogP contribution in [0.3, 0.4) is 0 Å². The van der Waals surface area contributed by atoms with Crippen molar-refractivity contribution in [2.45, 2.75) is 6.54 Å². The van der Waals surface area contributed by atoms with E-state index in [0.29, 0.717) is 29.8 Å². The molecule has 1 N–H and O–H groups in total. The number of nitrogens with one attached hydrogen (secondary N) is 1. The predicted molar refractivity (Wildman–Crippen MR) is 83.1 cm³/mol. The number of likely N-dealkylation sites (N-methyl/N-ethyl adjacent to an activating group) is 1. The van der Waals surface area contributed by atoms with Gasteiger partial charge in [-0.05, 0) is 32.3 Å². The fraction of sp³-hybridized carbons (Fsp3) is 0.467. The van der Waals surface area contributed by atoms with Crippen molar-refractivity contribution >= 4 is 0 Å². The summed E-state index contributed by atoms with van der Waals surface area (Å²) < 4.78 is 16.1. The first-order chi connectivity index (χ1) is 10.6. The van der Waals surface area contributed by atoms with Crippen LogP contribution in [0.1, 0.15) is 5.89 Å². The average Bonchev–Trinajstić information content (AvgIpc) is 2.99. The van der Waals surface area contributed by atoms with Crippen molar-refractivity contribution in [3.63, 3.8) is 0 Å². The monoisotopic (exact) mass is 306 g/mol. The zero-order valence-electron chi connectivity index (χ0n) is 13.4. The molecule has 0 aliphatic heterocycles. The minimum absolute atomic E-state index is 0.463. The van der Waals surface area contributed by atoms with Crippen molar-refractivity contribution in [1.82, 2.24) is 20.4 Å². The van der Waals surface area contributed by atoms with Gasteiger partial charge in [-0.3, -0.25) is 0 Å². The molecule has 0 aliphatic rings. The highest BCUT2D eigenvalue weighted by Gasteiger charge is 2.12. The van der Waals surface area contributed by atoms with E-state index in [-0.39, 0.29) is 0 Å². The maximum Gasteiger partial charge on any atom is 0.247 e. The zero-order chi connectivity index (χ0) is 15.9. The van der Waals surface area contributed by atoms with Crippen LogP contribution in [0.5, 0.6) is 11.5 Å². The van der Waals surface area contributed by atoms with Gasteiger partial charge in [0, 0.05) is 18.7 Å². The zero-order valence-corrected chi connectivity index (χ0v) is 13.4. The lowest BCUT2D eigenvalue weighted by atomic mass is 10.2. The molecule has 120 valence electrons. The molecule has 0 amide bonds. The van der Waals surface area contributed by atoms with E-state index < -0.39 is 0 Å². The number of aromatic nitrogens is 2. The van der Waals surface area contributed by atoms with Gasteiger partial charge in [-0.1, -0.05) is 0 Å². The van der Waals surface area contributed by atoms with Gasteiger partial charge in [0.1, 0.15) is 0 Å². The Morgan fingerprint density at radius 2 is 1.91 bits per heavy atom. The Kier molecular flexibility index (Phi) is 5.74. The van der Waals surface area contributed by atoms with E-state index in [2.05, 4.69) is 20.4 Å². The van der Waals surface area contributed by atoms with Crippen LogP contribution in [-0.2, 0) is 6.54 Å². The first-order valence-electron chi connectivity index (χ1n) is 7.04. The lowest BCUT2D eigenvalue weighted by Crippen LogP contribution is -2.26. The fourth-order valence-electron chi connectivity index (χ4n) is 1.91. The second kappa shape index (κ2) is 7.77. The Hall–Kier alpha value is -2.12. The number of hydrogen-bond donors (Lipinski definition) is 1. The summed E-state index contributed by atoms with van der Waals surface area (Å²) in [6.45, 7) is 2.37. The third kappa shape index (κ3) is 4.19. The molecule has 0 atom stereocenters. The number of hydrogen-bond acceptors (Lipinski definition) is 7. The number of nitrogens with zero attached hydrogens (tertiary/aromatic N) is 3. The minimum atomic E-state index is 0.463. The van der Waals surface area contributed by atoms with Crippen LogP contribution in [0.15, 0.2) is 22.6 Å². The van der Waals surface area contributed by atoms with Gasteiger partial charge in [0.05, 0.1) is 20.8 Å². The van der Waals surface area contributed by atoms with Gasteiger partial charge in [-0.15, -0.1) is 10.2 Å². The van der Waals surface area contributed by atoms with Crippen LogP contribution in [-0.4, -0.2) is 56.5 Å². The molecule has 7 heteroatoms. The summed E-state index contributed by atoms with van der Waals surface area (Å²) >= 11 is 0. The molecule has 1 aromatic carbocycles. The molecule has 2 rings (SSSR count). The molecule has 0 unspecified atom stereocenters. The summed E-state index contributed by atoms with van der Waals surface area (Å²) in [5.41, 5.74) is 0.796. The van der Waals surface area contributed by atoms with Crippen molar-refractivity contribution in [2.75, 3.05) is 41.4 Å². The number of ether oxygens (including phenoxy) is 2. The third-order valence-corrected chi connectivity index (χ3v) is 3.11. The maximum absolute atomic E-state index is 5.66. The number of benzene rings is 1. The van der Waals surface area contributed by atoms with E-state index in [9.17, 15) is 0 Å². The Balaban J connectivity index is 2.01. The topological polar surface area (TPSA) is 72.7 Å². The average molecular weight is 306 g/mol. The quantitative estimate of drug-likeness (QED) is 0.739. The number of rotatable bonds is 8. The van der Waals surface area contributed by atoms with E-state index >= 15 is 0 Å². The van der Waals surface area contributed by atoms with Crippen LogP contribution in [0.25, 0.3) is 11.5 Å². The van der Waals surface area contributed by atoms with E-state index in [1.807, 2.05) is 32.3 Å². The van der Waals surface area contributed by atoms with Gasteiger partial charge < -0.3 is 24.1 Å². The van der Waals surface area contributed by atoms with Crippen LogP contribution < -0.4 is 14.8 Å². The lowest BCUT2D eigenvalue weighted by molar-refractivity contribution is 0.355. The summed E-state index contributed by atoms with van der Waals surface area (Å²) in [6, 6.07) is 5.49. The molecular weight excluding hydrogens is 284 g/mol. The van der Waals surface area contributed by atoms with Gasteiger partial charge in [-0.25, -0.2) is 0 Å². The standard InChI is InChI=1S/C15H22N4O3/c1-19(2)8-7-16-10-14-17-18-15(22-14)11-5-6-12(20-3)13(9-11)21-4/h5-6,9,16H,7-8,10H2,1-4H3. The Morgan fingerprint density at radius 1 is 1.14 bits per heavy atom. The molecule has 0 bridgehead atoms. The Labute approximate surface area is 130 Å². The van der Waals surface area contributed by atoms with Crippen molar-refractivity contribution < 1.29 is 13.9 Å². The second-order valence-corrected chi connectivity index (χ2v) is 5.05. The molecular formula is C15H22N4O3. The normalized spacial score (nSPS) is 11.0. The van der Waals surface area contributed by atoms with E-state index in [4.69, 9.17) is 13.9 Å². The van der Waals surface area contributed by atoms with Gasteiger partial charge in [0.15, 0.2) is 11.5 Å². The number of methoxy groups -OCH3 is 2. The van der Waals surface area contributed by atoms with E-state index in [1.165, 1.54) is 0 Å². The summed E-state index contributed by atoms with van der Waals surface area (Å²) in [5.74, 6) is 2.31. The molecule has 1 heterocycles. The SMILES string of the molecule is COc1ccc(-c2nnc(CNCCN(C)C)o2)cc1OC. The molecule has 22 heavy (non-hydrogen) atoms. The highest BCUT2D eigenvalue weighted by atomic mass is 16.5. The molecule has 0 spiro atoms. The van der Waals surface area contributed by atoms with E-state index in [0.717, 1.165) is 18.7 Å². The predicted octanol–water partition coefficient (Wildman–Crippen LogP) is 1.40. The molecule has 0 saturated heterocycles. The molecule has 1 aromatic heterocycles. The molecule has 7 nitrogen and oxygen atoms in total. The largest absolute Gasteiger partial charge is 0.493 e. The summed E-state index contributed by atoms with van der Waals surface area (Å²) in [6.07, 6.45) is 0. The van der Waals surface area contributed by atoms with Crippen molar-refractivity contribution in [3.8, 4) is 23.0 Å². The van der Waals surface area contributed by atoms with Crippen LogP contribution in [0.2, 0.25) is 0 Å². The van der Waals surface area contributed by atoms with Crippen molar-refractivity contribution in [2.24, 2.45) is 0 Å². The lowest BCUT2D eigenvalue weighted by Gasteiger charge is -2.08. The maximum atomic E-state index is 5.66. The smallest absolute Gasteiger partial charge is 0.247 e. The van der Waals surface area contributed by atoms with Gasteiger partial charge in [0.25, 0.3) is 0 Å². The first kappa shape index (κ1) is 16.3. The molecule has 0 fully saturated rings. The molecule has 0 saturated carbocycles. The highest BCUT2D eigenvalue weighted by Crippen LogP contribution is 2.31. The molecule has 0 aliphatic carbocycles. The third-order valence-electron chi connectivity index (χ3n) is 3.11. The van der Waals surface area contributed by atoms with Gasteiger partial charge >= 0.3 is 0 Å². The Bertz CT molecular complexity index is 598. The van der Waals surface area contributed by atoms with Crippen LogP contribution >= 0.6 is 0 Å². The van der Waals surface area contributed by atoms with Crippen molar-refractivity contribution in [1.29, 1.82) is 0 Å². The summed E-state index contributed by atoms with van der Waals surface area (Å²) in [5, 5.41) is 11.4. The second-order valence-electron chi connectivity index (χ2n) is 5.05. The molecule has 0 radical (unpaired) electrons.